The van der Waals surface area contributed by atoms with Crippen molar-refractivity contribution in [2.75, 3.05) is 18.0 Å². The quantitative estimate of drug-likeness (QED) is 0.859. The highest BCUT2D eigenvalue weighted by Gasteiger charge is 2.18. The fourth-order valence-corrected chi connectivity index (χ4v) is 2.63. The van der Waals surface area contributed by atoms with Crippen LogP contribution in [0.15, 0.2) is 30.3 Å². The van der Waals surface area contributed by atoms with Gasteiger partial charge in [-0.2, -0.15) is 10.1 Å². The van der Waals surface area contributed by atoms with Crippen molar-refractivity contribution in [3.8, 4) is 0 Å². The van der Waals surface area contributed by atoms with Crippen LogP contribution in [-0.4, -0.2) is 27.9 Å². The minimum absolute atomic E-state index is 0. The van der Waals surface area contributed by atoms with E-state index in [1.165, 1.54) is 18.4 Å². The first kappa shape index (κ1) is 14.5. The van der Waals surface area contributed by atoms with Crippen LogP contribution in [0.2, 0.25) is 0 Å². The number of rotatable bonds is 4. The summed E-state index contributed by atoms with van der Waals surface area (Å²) in [5.74, 6) is 1.98. The Hall–Kier alpha value is -1.91. The number of aromatic nitrogens is 3. The molecule has 1 fully saturated rings. The molecule has 20 heavy (non-hydrogen) atoms. The number of anilines is 1. The highest BCUT2D eigenvalue weighted by Crippen LogP contribution is 2.17. The molecule has 0 radical (unpaired) electrons. The molecule has 0 N–H and O–H groups in total. The van der Waals surface area contributed by atoms with Crippen molar-refractivity contribution in [2.45, 2.75) is 25.7 Å². The van der Waals surface area contributed by atoms with Gasteiger partial charge in [-0.1, -0.05) is 30.3 Å². The maximum atomic E-state index is 4.68. The molecule has 0 aliphatic carbocycles. The van der Waals surface area contributed by atoms with E-state index in [-0.39, 0.29) is 4.70 Å². The molecule has 2 aromatic rings. The second-order valence-corrected chi connectivity index (χ2v) is 5.13. The third kappa shape index (κ3) is 3.15. The number of hydrogen-bond acceptors (Lipinski definition) is 3. The van der Waals surface area contributed by atoms with E-state index in [1.54, 1.807) is 0 Å². The zero-order valence-corrected chi connectivity index (χ0v) is 11.8. The number of hydrogen-bond donors (Lipinski definition) is 0. The van der Waals surface area contributed by atoms with Crippen LogP contribution in [0.3, 0.4) is 0 Å². The highest BCUT2D eigenvalue weighted by molar-refractivity contribution is 5.31. The Bertz CT molecular complexity index is 532. The Kier molecular flexibility index (Phi) is 4.71. The van der Waals surface area contributed by atoms with E-state index in [2.05, 4.69) is 39.2 Å². The van der Waals surface area contributed by atoms with Crippen LogP contribution in [-0.2, 0) is 19.9 Å². The molecule has 0 spiro atoms. The lowest BCUT2D eigenvalue weighted by Crippen LogP contribution is -2.21. The smallest absolute Gasteiger partial charge is 0.223 e. The number of halogens is 1. The Morgan fingerprint density at radius 2 is 1.75 bits per heavy atom. The van der Waals surface area contributed by atoms with Crippen molar-refractivity contribution in [3.63, 3.8) is 0 Å². The molecule has 3 rings (SSSR count). The maximum Gasteiger partial charge on any atom is 0.223 e. The topological polar surface area (TPSA) is 34.0 Å². The lowest BCUT2D eigenvalue weighted by Gasteiger charge is -2.14. The third-order valence-corrected chi connectivity index (χ3v) is 3.65. The van der Waals surface area contributed by atoms with E-state index in [0.29, 0.717) is 0 Å². The summed E-state index contributed by atoms with van der Waals surface area (Å²) in [7, 11) is 1.99. The molecule has 2 heterocycles. The molecule has 1 aromatic heterocycles. The van der Waals surface area contributed by atoms with Crippen LogP contribution in [0.4, 0.5) is 10.7 Å². The van der Waals surface area contributed by atoms with Gasteiger partial charge in [0.05, 0.1) is 0 Å². The minimum Gasteiger partial charge on any atom is -0.341 e. The number of nitrogens with zero attached hydrogens (tertiary/aromatic N) is 4. The molecular formula is C15H21FN4. The third-order valence-electron chi connectivity index (χ3n) is 3.65. The van der Waals surface area contributed by atoms with Crippen LogP contribution in [0.5, 0.6) is 0 Å². The summed E-state index contributed by atoms with van der Waals surface area (Å²) in [6.45, 7) is 2.23. The van der Waals surface area contributed by atoms with Gasteiger partial charge >= 0.3 is 0 Å². The summed E-state index contributed by atoms with van der Waals surface area (Å²) in [6.07, 6.45) is 4.45. The van der Waals surface area contributed by atoms with Gasteiger partial charge in [-0.15, -0.1) is 0 Å². The molecule has 1 aromatic carbocycles. The number of benzene rings is 1. The highest BCUT2D eigenvalue weighted by atomic mass is 19.0. The van der Waals surface area contributed by atoms with E-state index in [4.69, 9.17) is 0 Å². The van der Waals surface area contributed by atoms with Gasteiger partial charge in [0.2, 0.25) is 5.95 Å². The molecule has 1 aliphatic heterocycles. The minimum atomic E-state index is 0. The summed E-state index contributed by atoms with van der Waals surface area (Å²) in [6, 6.07) is 10.5. The molecule has 4 nitrogen and oxygen atoms in total. The lowest BCUT2D eigenvalue weighted by atomic mass is 10.1. The van der Waals surface area contributed by atoms with Gasteiger partial charge in [0.15, 0.2) is 5.82 Å². The SMILES string of the molecule is Cn1nc(CCc2ccccc2)nc1N1CCCC1.F. The van der Waals surface area contributed by atoms with Gasteiger partial charge < -0.3 is 4.90 Å². The first-order chi connectivity index (χ1) is 9.33. The van der Waals surface area contributed by atoms with Gasteiger partial charge in [0.1, 0.15) is 0 Å². The summed E-state index contributed by atoms with van der Waals surface area (Å²) >= 11 is 0. The Morgan fingerprint density at radius 3 is 2.45 bits per heavy atom. The zero-order chi connectivity index (χ0) is 13.1. The maximum absolute atomic E-state index is 4.68. The Balaban J connectivity index is 0.00000147. The molecule has 0 amide bonds. The van der Waals surface area contributed by atoms with Crippen LogP contribution in [0.1, 0.15) is 24.2 Å². The van der Waals surface area contributed by atoms with E-state index >= 15 is 0 Å². The summed E-state index contributed by atoms with van der Waals surface area (Å²) in [4.78, 5) is 7.02. The summed E-state index contributed by atoms with van der Waals surface area (Å²) in [5, 5.41) is 4.53. The average molecular weight is 276 g/mol. The predicted molar refractivity (Wildman–Crippen MR) is 78.8 cm³/mol. The molecule has 5 heteroatoms. The molecule has 0 unspecified atom stereocenters. The van der Waals surface area contributed by atoms with Gasteiger partial charge in [-0.25, -0.2) is 4.68 Å². The van der Waals surface area contributed by atoms with Crippen molar-refractivity contribution in [3.05, 3.63) is 41.7 Å². The average Bonchev–Trinajstić information content (AvgIpc) is 3.07. The second kappa shape index (κ2) is 6.50. The van der Waals surface area contributed by atoms with E-state index in [1.807, 2.05) is 17.8 Å². The zero-order valence-electron chi connectivity index (χ0n) is 11.8. The van der Waals surface area contributed by atoms with Gasteiger partial charge in [-0.3, -0.25) is 4.70 Å². The molecule has 0 saturated carbocycles. The van der Waals surface area contributed by atoms with Crippen molar-refractivity contribution in [2.24, 2.45) is 7.05 Å². The van der Waals surface area contributed by atoms with Gasteiger partial charge in [0, 0.05) is 26.6 Å². The second-order valence-electron chi connectivity index (χ2n) is 5.13. The van der Waals surface area contributed by atoms with Crippen molar-refractivity contribution in [1.29, 1.82) is 0 Å². The van der Waals surface area contributed by atoms with Crippen LogP contribution in [0, 0.1) is 0 Å². The molecular weight excluding hydrogens is 255 g/mol. The van der Waals surface area contributed by atoms with E-state index < -0.39 is 0 Å². The monoisotopic (exact) mass is 276 g/mol. The predicted octanol–water partition coefficient (Wildman–Crippen LogP) is 2.35. The first-order valence-electron chi connectivity index (χ1n) is 7.02. The molecule has 108 valence electrons. The Labute approximate surface area is 118 Å². The van der Waals surface area contributed by atoms with E-state index in [0.717, 1.165) is 37.7 Å². The lowest BCUT2D eigenvalue weighted by molar-refractivity contribution is 0.718. The molecule has 1 saturated heterocycles. The van der Waals surface area contributed by atoms with Crippen LogP contribution < -0.4 is 4.90 Å². The fourth-order valence-electron chi connectivity index (χ4n) is 2.63. The summed E-state index contributed by atoms with van der Waals surface area (Å²) < 4.78 is 1.92. The largest absolute Gasteiger partial charge is 0.341 e. The first-order valence-corrected chi connectivity index (χ1v) is 7.02. The van der Waals surface area contributed by atoms with Crippen LogP contribution in [0.25, 0.3) is 0 Å². The number of aryl methyl sites for hydroxylation is 3. The van der Waals surface area contributed by atoms with Gasteiger partial charge in [-0.05, 0) is 24.8 Å². The van der Waals surface area contributed by atoms with E-state index in [9.17, 15) is 0 Å². The Morgan fingerprint density at radius 1 is 1.05 bits per heavy atom. The van der Waals surface area contributed by atoms with Crippen molar-refractivity contribution in [1.82, 2.24) is 14.8 Å². The fraction of sp³-hybridized carbons (Fsp3) is 0.467. The normalized spacial score (nSPS) is 14.3. The van der Waals surface area contributed by atoms with Crippen molar-refractivity contribution < 1.29 is 4.70 Å². The molecule has 0 atom stereocenters. The van der Waals surface area contributed by atoms with Crippen molar-refractivity contribution >= 4 is 5.95 Å². The van der Waals surface area contributed by atoms with Gasteiger partial charge in [0.25, 0.3) is 0 Å². The van der Waals surface area contributed by atoms with Crippen LogP contribution >= 0.6 is 0 Å². The standard InChI is InChI=1S/C15H20N4.FH/c1-18-15(19-11-5-6-12-19)16-14(17-18)10-9-13-7-3-2-4-8-13;/h2-4,7-8H,5-6,9-12H2,1H3;1H. The summed E-state index contributed by atoms with van der Waals surface area (Å²) in [5.41, 5.74) is 1.35. The molecule has 0 bridgehead atoms. The molecule has 1 aliphatic rings.